The van der Waals surface area contributed by atoms with Gasteiger partial charge in [0.05, 0.1) is 0 Å². The Balaban J connectivity index is 1.64. The zero-order valence-electron chi connectivity index (χ0n) is 14.9. The van der Waals surface area contributed by atoms with Gasteiger partial charge >= 0.3 is 0 Å². The summed E-state index contributed by atoms with van der Waals surface area (Å²) in [6, 6.07) is 4.89. The van der Waals surface area contributed by atoms with E-state index in [1.165, 1.54) is 10.4 Å². The van der Waals surface area contributed by atoms with Crippen LogP contribution in [0.5, 0.6) is 0 Å². The second-order valence-corrected chi connectivity index (χ2v) is 8.45. The quantitative estimate of drug-likeness (QED) is 0.797. The summed E-state index contributed by atoms with van der Waals surface area (Å²) in [6.45, 7) is 4.59. The third-order valence-electron chi connectivity index (χ3n) is 4.77. The van der Waals surface area contributed by atoms with Gasteiger partial charge in [0.15, 0.2) is 5.76 Å². The van der Waals surface area contributed by atoms with E-state index in [1.807, 2.05) is 13.8 Å². The van der Waals surface area contributed by atoms with Crippen molar-refractivity contribution in [2.24, 2.45) is 5.92 Å². The number of aromatic nitrogens is 2. The van der Waals surface area contributed by atoms with Gasteiger partial charge in [-0.3, -0.25) is 9.89 Å². The third kappa shape index (κ3) is 3.83. The van der Waals surface area contributed by atoms with Gasteiger partial charge < -0.3 is 9.73 Å². The smallest absolute Gasteiger partial charge is 0.276 e. The van der Waals surface area contributed by atoms with Gasteiger partial charge in [-0.15, -0.1) is 0 Å². The first-order chi connectivity index (χ1) is 12.4. The standard InChI is InChI=1S/C17H24N4O4S/c1-3-12(2)19-17(22)13-7-10-21(11-8-13)26(23,24)16-5-4-15(25-16)14-6-9-18-20-14/h4-6,9,12-13H,3,7-8,10-11H2,1-2H3,(H,18,20)(H,19,22)/t12-/m0/s1. The second kappa shape index (κ2) is 7.63. The van der Waals surface area contributed by atoms with Crippen LogP contribution in [-0.4, -0.2) is 48.0 Å². The zero-order chi connectivity index (χ0) is 18.7. The number of nitrogens with one attached hydrogen (secondary N) is 2. The largest absolute Gasteiger partial charge is 0.442 e. The summed E-state index contributed by atoms with van der Waals surface area (Å²) in [5.41, 5.74) is 0.617. The molecule has 0 radical (unpaired) electrons. The van der Waals surface area contributed by atoms with E-state index in [-0.39, 0.29) is 23.0 Å². The lowest BCUT2D eigenvalue weighted by Crippen LogP contribution is -2.44. The Kier molecular flexibility index (Phi) is 5.47. The molecule has 2 aromatic rings. The van der Waals surface area contributed by atoms with E-state index < -0.39 is 10.0 Å². The highest BCUT2D eigenvalue weighted by Gasteiger charge is 2.34. The molecule has 0 bridgehead atoms. The Labute approximate surface area is 153 Å². The number of nitrogens with zero attached hydrogens (tertiary/aromatic N) is 2. The van der Waals surface area contributed by atoms with Gasteiger partial charge in [0.1, 0.15) is 5.69 Å². The number of piperidine rings is 1. The van der Waals surface area contributed by atoms with Crippen LogP contribution in [-0.2, 0) is 14.8 Å². The summed E-state index contributed by atoms with van der Waals surface area (Å²) in [5.74, 6) is 0.285. The number of H-pyrrole nitrogens is 1. The molecule has 3 heterocycles. The number of aromatic amines is 1. The molecule has 0 aliphatic carbocycles. The first kappa shape index (κ1) is 18.7. The summed E-state index contributed by atoms with van der Waals surface area (Å²) < 4.78 is 32.4. The second-order valence-electron chi connectivity index (χ2n) is 6.59. The van der Waals surface area contributed by atoms with E-state index in [9.17, 15) is 13.2 Å². The van der Waals surface area contributed by atoms with Crippen molar-refractivity contribution in [1.29, 1.82) is 0 Å². The predicted molar refractivity (Wildman–Crippen MR) is 95.7 cm³/mol. The molecule has 0 aromatic carbocycles. The van der Waals surface area contributed by atoms with Crippen LogP contribution in [0.15, 0.2) is 33.9 Å². The highest BCUT2D eigenvalue weighted by Crippen LogP contribution is 2.28. The highest BCUT2D eigenvalue weighted by molar-refractivity contribution is 7.89. The number of carbonyl (C=O) groups is 1. The van der Waals surface area contributed by atoms with Crippen LogP contribution in [0.3, 0.4) is 0 Å². The number of hydrogen-bond acceptors (Lipinski definition) is 5. The number of hydrogen-bond donors (Lipinski definition) is 2. The Morgan fingerprint density at radius 1 is 1.38 bits per heavy atom. The minimum absolute atomic E-state index is 0.0101. The summed E-state index contributed by atoms with van der Waals surface area (Å²) in [6.07, 6.45) is 3.46. The molecule has 142 valence electrons. The van der Waals surface area contributed by atoms with Crippen LogP contribution in [0, 0.1) is 5.92 Å². The normalized spacial score (nSPS) is 17.9. The molecule has 2 aromatic heterocycles. The van der Waals surface area contributed by atoms with Gasteiger partial charge in [0, 0.05) is 31.2 Å². The Hall–Kier alpha value is -2.13. The summed E-state index contributed by atoms with van der Waals surface area (Å²) in [4.78, 5) is 12.2. The van der Waals surface area contributed by atoms with Crippen molar-refractivity contribution >= 4 is 15.9 Å². The molecular weight excluding hydrogens is 356 g/mol. The lowest BCUT2D eigenvalue weighted by atomic mass is 9.97. The maximum Gasteiger partial charge on any atom is 0.276 e. The first-order valence-electron chi connectivity index (χ1n) is 8.82. The maximum atomic E-state index is 12.8. The molecule has 1 amide bonds. The molecule has 8 nitrogen and oxygen atoms in total. The predicted octanol–water partition coefficient (Wildman–Crippen LogP) is 1.99. The lowest BCUT2D eigenvalue weighted by molar-refractivity contribution is -0.126. The van der Waals surface area contributed by atoms with E-state index in [1.54, 1.807) is 18.3 Å². The minimum Gasteiger partial charge on any atom is -0.442 e. The topological polar surface area (TPSA) is 108 Å². The lowest BCUT2D eigenvalue weighted by Gasteiger charge is -2.30. The van der Waals surface area contributed by atoms with Crippen LogP contribution >= 0.6 is 0 Å². The number of sulfonamides is 1. The van der Waals surface area contributed by atoms with E-state index in [4.69, 9.17) is 4.42 Å². The van der Waals surface area contributed by atoms with E-state index >= 15 is 0 Å². The Morgan fingerprint density at radius 2 is 2.12 bits per heavy atom. The molecule has 1 saturated heterocycles. The number of furan rings is 1. The van der Waals surface area contributed by atoms with Crippen LogP contribution < -0.4 is 5.32 Å². The van der Waals surface area contributed by atoms with Crippen LogP contribution in [0.2, 0.25) is 0 Å². The Bertz CT molecular complexity index is 836. The number of rotatable bonds is 6. The fraction of sp³-hybridized carbons (Fsp3) is 0.529. The van der Waals surface area contributed by atoms with Crippen molar-refractivity contribution in [3.05, 3.63) is 24.4 Å². The van der Waals surface area contributed by atoms with Gasteiger partial charge in [-0.1, -0.05) is 6.92 Å². The molecule has 1 aliphatic heterocycles. The minimum atomic E-state index is -3.71. The number of carbonyl (C=O) groups excluding carboxylic acids is 1. The maximum absolute atomic E-state index is 12.8. The van der Waals surface area contributed by atoms with Gasteiger partial charge in [-0.2, -0.15) is 9.40 Å². The molecule has 3 rings (SSSR count). The Morgan fingerprint density at radius 3 is 2.73 bits per heavy atom. The molecule has 0 saturated carbocycles. The molecule has 9 heteroatoms. The van der Waals surface area contributed by atoms with E-state index in [2.05, 4.69) is 15.5 Å². The molecule has 26 heavy (non-hydrogen) atoms. The molecule has 2 N–H and O–H groups in total. The SMILES string of the molecule is CC[C@H](C)NC(=O)C1CCN(S(=O)(=O)c2ccc(-c3ccn[nH]3)o2)CC1. The van der Waals surface area contributed by atoms with Crippen molar-refractivity contribution in [3.8, 4) is 11.5 Å². The van der Waals surface area contributed by atoms with Crippen molar-refractivity contribution < 1.29 is 17.6 Å². The molecule has 1 aliphatic rings. The van der Waals surface area contributed by atoms with Crippen LogP contribution in [0.25, 0.3) is 11.5 Å². The monoisotopic (exact) mass is 380 g/mol. The van der Waals surface area contributed by atoms with Crippen LogP contribution in [0.1, 0.15) is 33.1 Å². The fourth-order valence-corrected chi connectivity index (χ4v) is 4.33. The van der Waals surface area contributed by atoms with Gasteiger partial charge in [0.25, 0.3) is 10.0 Å². The van der Waals surface area contributed by atoms with Gasteiger partial charge in [0.2, 0.25) is 11.0 Å². The molecule has 0 unspecified atom stereocenters. The molecule has 1 fully saturated rings. The summed E-state index contributed by atoms with van der Waals surface area (Å²) in [7, 11) is -3.71. The summed E-state index contributed by atoms with van der Waals surface area (Å²) >= 11 is 0. The summed E-state index contributed by atoms with van der Waals surface area (Å²) in [5, 5.41) is 9.44. The first-order valence-corrected chi connectivity index (χ1v) is 10.3. The third-order valence-corrected chi connectivity index (χ3v) is 6.54. The van der Waals surface area contributed by atoms with E-state index in [0.717, 1.165) is 6.42 Å². The average Bonchev–Trinajstić information content (AvgIpc) is 3.33. The highest BCUT2D eigenvalue weighted by atomic mass is 32.2. The molecule has 1 atom stereocenters. The van der Waals surface area contributed by atoms with Crippen LogP contribution in [0.4, 0.5) is 0 Å². The molecule has 0 spiro atoms. The molecular formula is C17H24N4O4S. The van der Waals surface area contributed by atoms with Crippen molar-refractivity contribution in [2.45, 2.75) is 44.2 Å². The zero-order valence-corrected chi connectivity index (χ0v) is 15.8. The average molecular weight is 380 g/mol. The van der Waals surface area contributed by atoms with Crippen molar-refractivity contribution in [2.75, 3.05) is 13.1 Å². The van der Waals surface area contributed by atoms with Crippen molar-refractivity contribution in [3.63, 3.8) is 0 Å². The number of amides is 1. The van der Waals surface area contributed by atoms with Crippen molar-refractivity contribution in [1.82, 2.24) is 19.8 Å². The van der Waals surface area contributed by atoms with Gasteiger partial charge in [-0.25, -0.2) is 8.42 Å². The van der Waals surface area contributed by atoms with Gasteiger partial charge in [-0.05, 0) is 44.4 Å². The van der Waals surface area contributed by atoms with E-state index in [0.29, 0.717) is 37.4 Å². The fourth-order valence-electron chi connectivity index (χ4n) is 2.95.